The van der Waals surface area contributed by atoms with E-state index >= 15 is 0 Å². The first-order chi connectivity index (χ1) is 11.6. The maximum absolute atomic E-state index is 11.9. The third-order valence-corrected chi connectivity index (χ3v) is 3.93. The summed E-state index contributed by atoms with van der Waals surface area (Å²) in [5.41, 5.74) is 1.99. The Kier molecular flexibility index (Phi) is 4.48. The van der Waals surface area contributed by atoms with Crippen LogP contribution in [0, 0.1) is 4.77 Å². The van der Waals surface area contributed by atoms with Crippen LogP contribution in [0.25, 0.3) is 11.3 Å². The van der Waals surface area contributed by atoms with Gasteiger partial charge in [0.25, 0.3) is 5.56 Å². The van der Waals surface area contributed by atoms with E-state index in [2.05, 4.69) is 15.2 Å². The predicted molar refractivity (Wildman–Crippen MR) is 92.1 cm³/mol. The lowest BCUT2D eigenvalue weighted by molar-refractivity contribution is 0.395. The summed E-state index contributed by atoms with van der Waals surface area (Å²) in [4.78, 5) is 14.6. The Morgan fingerprint density at radius 1 is 1.21 bits per heavy atom. The Balaban J connectivity index is 2.20. The van der Waals surface area contributed by atoms with Gasteiger partial charge in [0.05, 0.1) is 32.2 Å². The molecule has 0 unspecified atom stereocenters. The van der Waals surface area contributed by atoms with E-state index in [9.17, 15) is 4.79 Å². The van der Waals surface area contributed by atoms with Crippen LogP contribution in [-0.4, -0.2) is 34.0 Å². The molecule has 0 aliphatic carbocycles. The van der Waals surface area contributed by atoms with E-state index in [0.29, 0.717) is 28.5 Å². The summed E-state index contributed by atoms with van der Waals surface area (Å²) in [6.07, 6.45) is 1.66. The van der Waals surface area contributed by atoms with E-state index < -0.39 is 0 Å². The molecule has 8 heteroatoms. The summed E-state index contributed by atoms with van der Waals surface area (Å²) in [5, 5.41) is 6.83. The molecule has 2 heterocycles. The molecule has 0 aliphatic rings. The van der Waals surface area contributed by atoms with Gasteiger partial charge >= 0.3 is 0 Å². The molecule has 0 atom stereocenters. The number of nitrogens with zero attached hydrogens (tertiary/aromatic N) is 2. The van der Waals surface area contributed by atoms with E-state index in [4.69, 9.17) is 21.7 Å². The highest BCUT2D eigenvalue weighted by Gasteiger charge is 2.13. The number of hydrogen-bond donors (Lipinski definition) is 2. The van der Waals surface area contributed by atoms with Gasteiger partial charge in [0.2, 0.25) is 0 Å². The van der Waals surface area contributed by atoms with Crippen LogP contribution in [0.2, 0.25) is 0 Å². The minimum absolute atomic E-state index is 0.270. The van der Waals surface area contributed by atoms with Gasteiger partial charge in [0, 0.05) is 23.9 Å². The maximum Gasteiger partial charge on any atom is 0.252 e. The highest BCUT2D eigenvalue weighted by atomic mass is 32.1. The van der Waals surface area contributed by atoms with E-state index in [-0.39, 0.29) is 5.56 Å². The number of nitrogens with one attached hydrogen (secondary N) is 2. The fourth-order valence-electron chi connectivity index (χ4n) is 2.45. The highest BCUT2D eigenvalue weighted by molar-refractivity contribution is 7.71. The summed E-state index contributed by atoms with van der Waals surface area (Å²) >= 11 is 5.34. The Morgan fingerprint density at radius 3 is 2.71 bits per heavy atom. The van der Waals surface area contributed by atoms with Gasteiger partial charge < -0.3 is 14.0 Å². The summed E-state index contributed by atoms with van der Waals surface area (Å²) in [6, 6.07) is 8.76. The van der Waals surface area contributed by atoms with Crippen LogP contribution < -0.4 is 15.0 Å². The lowest BCUT2D eigenvalue weighted by Crippen LogP contribution is -2.16. The summed E-state index contributed by atoms with van der Waals surface area (Å²) in [6.45, 7) is 0.445. The lowest BCUT2D eigenvalue weighted by atomic mass is 10.1. The maximum atomic E-state index is 11.9. The van der Waals surface area contributed by atoms with Crippen molar-refractivity contribution in [3.63, 3.8) is 0 Å². The van der Waals surface area contributed by atoms with Crippen molar-refractivity contribution in [2.24, 2.45) is 0 Å². The number of methoxy groups -OCH3 is 2. The van der Waals surface area contributed by atoms with Gasteiger partial charge in [-0.2, -0.15) is 5.10 Å². The van der Waals surface area contributed by atoms with Gasteiger partial charge in [-0.3, -0.25) is 14.9 Å². The van der Waals surface area contributed by atoms with Crippen LogP contribution >= 0.6 is 12.2 Å². The van der Waals surface area contributed by atoms with Gasteiger partial charge in [-0.25, -0.2) is 0 Å². The normalized spacial score (nSPS) is 10.6. The molecule has 0 aliphatic heterocycles. The fraction of sp³-hybridized carbons (Fsp3) is 0.188. The van der Waals surface area contributed by atoms with Crippen LogP contribution in [0.5, 0.6) is 11.5 Å². The zero-order chi connectivity index (χ0) is 17.1. The predicted octanol–water partition coefficient (Wildman–Crippen LogP) is 2.36. The van der Waals surface area contributed by atoms with Crippen molar-refractivity contribution in [1.29, 1.82) is 0 Å². The monoisotopic (exact) mass is 344 g/mol. The molecule has 0 saturated heterocycles. The average molecular weight is 344 g/mol. The molecule has 0 spiro atoms. The van der Waals surface area contributed by atoms with Crippen molar-refractivity contribution >= 4 is 12.2 Å². The van der Waals surface area contributed by atoms with E-state index in [1.807, 2.05) is 22.8 Å². The average Bonchev–Trinajstić information content (AvgIpc) is 3.09. The molecule has 3 aromatic rings. The molecular weight excluding hydrogens is 328 g/mol. The van der Waals surface area contributed by atoms with Gasteiger partial charge in [0.15, 0.2) is 4.77 Å². The van der Waals surface area contributed by atoms with E-state index in [1.165, 1.54) is 6.07 Å². The van der Waals surface area contributed by atoms with E-state index in [1.54, 1.807) is 26.5 Å². The zero-order valence-corrected chi connectivity index (χ0v) is 14.0. The van der Waals surface area contributed by atoms with Crippen LogP contribution in [0.4, 0.5) is 0 Å². The molecule has 7 nitrogen and oxygen atoms in total. The SMILES string of the molecule is COc1ccc(-c2cc(=O)[nH]c(=S)n2Cc2ccn[nH]2)c(OC)c1. The third kappa shape index (κ3) is 3.09. The van der Waals surface area contributed by atoms with Gasteiger partial charge in [-0.05, 0) is 30.4 Å². The second-order valence-corrected chi connectivity index (χ2v) is 5.44. The number of benzene rings is 1. The minimum Gasteiger partial charge on any atom is -0.497 e. The third-order valence-electron chi connectivity index (χ3n) is 3.61. The molecule has 0 radical (unpaired) electrons. The molecule has 1 aromatic carbocycles. The smallest absolute Gasteiger partial charge is 0.252 e. The molecule has 124 valence electrons. The van der Waals surface area contributed by atoms with Gasteiger partial charge in [-0.1, -0.05) is 0 Å². The largest absolute Gasteiger partial charge is 0.497 e. The quantitative estimate of drug-likeness (QED) is 0.694. The number of H-pyrrole nitrogens is 2. The topological polar surface area (TPSA) is 84.9 Å². The van der Waals surface area contributed by atoms with Crippen molar-refractivity contribution in [3.05, 3.63) is 57.3 Å². The number of aromatic nitrogens is 4. The van der Waals surface area contributed by atoms with Crippen molar-refractivity contribution in [2.75, 3.05) is 14.2 Å². The van der Waals surface area contributed by atoms with Crippen LogP contribution in [0.1, 0.15) is 5.69 Å². The Hall–Kier alpha value is -2.87. The zero-order valence-electron chi connectivity index (χ0n) is 13.2. The molecule has 0 fully saturated rings. The Morgan fingerprint density at radius 2 is 2.04 bits per heavy atom. The second kappa shape index (κ2) is 6.71. The number of aromatic amines is 2. The number of rotatable bonds is 5. The van der Waals surface area contributed by atoms with Crippen molar-refractivity contribution in [2.45, 2.75) is 6.54 Å². The molecule has 2 aromatic heterocycles. The molecule has 0 bridgehead atoms. The Bertz CT molecular complexity index is 960. The van der Waals surface area contributed by atoms with Gasteiger partial charge in [-0.15, -0.1) is 0 Å². The second-order valence-electron chi connectivity index (χ2n) is 5.06. The Labute approximate surface area is 142 Å². The number of hydrogen-bond acceptors (Lipinski definition) is 5. The van der Waals surface area contributed by atoms with Crippen LogP contribution in [0.15, 0.2) is 41.3 Å². The first-order valence-corrected chi connectivity index (χ1v) is 7.58. The first kappa shape index (κ1) is 16.0. The summed E-state index contributed by atoms with van der Waals surface area (Å²) in [5.74, 6) is 1.26. The van der Waals surface area contributed by atoms with Crippen molar-refractivity contribution in [3.8, 4) is 22.8 Å². The van der Waals surface area contributed by atoms with Gasteiger partial charge in [0.1, 0.15) is 11.5 Å². The lowest BCUT2D eigenvalue weighted by Gasteiger charge is -2.16. The molecule has 24 heavy (non-hydrogen) atoms. The van der Waals surface area contributed by atoms with Crippen LogP contribution in [0.3, 0.4) is 0 Å². The molecule has 3 rings (SSSR count). The molecule has 2 N–H and O–H groups in total. The van der Waals surface area contributed by atoms with Crippen LogP contribution in [-0.2, 0) is 6.54 Å². The minimum atomic E-state index is -0.270. The first-order valence-electron chi connectivity index (χ1n) is 7.17. The standard InChI is InChI=1S/C16H16N4O3S/c1-22-11-3-4-12(14(7-11)23-2)13-8-15(21)18-16(24)20(13)9-10-5-6-17-19-10/h3-8H,9H2,1-2H3,(H,17,19)(H,18,21,24). The summed E-state index contributed by atoms with van der Waals surface area (Å²) in [7, 11) is 3.15. The van der Waals surface area contributed by atoms with Crippen molar-refractivity contribution < 1.29 is 9.47 Å². The molecular formula is C16H16N4O3S. The fourth-order valence-corrected chi connectivity index (χ4v) is 2.72. The molecule has 0 saturated carbocycles. The van der Waals surface area contributed by atoms with Crippen molar-refractivity contribution in [1.82, 2.24) is 19.7 Å². The molecule has 0 amide bonds. The van der Waals surface area contributed by atoms with E-state index in [0.717, 1.165) is 11.3 Å². The highest BCUT2D eigenvalue weighted by Crippen LogP contribution is 2.32. The number of ether oxygens (including phenoxy) is 2. The summed E-state index contributed by atoms with van der Waals surface area (Å²) < 4.78 is 12.8.